The van der Waals surface area contributed by atoms with Gasteiger partial charge in [-0.3, -0.25) is 9.59 Å². The Hall–Kier alpha value is -2.08. The van der Waals surface area contributed by atoms with E-state index in [0.717, 1.165) is 25.0 Å². The van der Waals surface area contributed by atoms with Crippen molar-refractivity contribution in [2.45, 2.75) is 32.2 Å². The van der Waals surface area contributed by atoms with Crippen LogP contribution in [-0.4, -0.2) is 29.3 Å². The number of benzene rings is 1. The Morgan fingerprint density at radius 1 is 1.30 bits per heavy atom. The molecule has 1 heterocycles. The summed E-state index contributed by atoms with van der Waals surface area (Å²) in [5.41, 5.74) is 7.74. The van der Waals surface area contributed by atoms with Crippen LogP contribution in [0.15, 0.2) is 39.9 Å². The summed E-state index contributed by atoms with van der Waals surface area (Å²) in [5.74, 6) is 1.10. The molecule has 1 atom stereocenters. The summed E-state index contributed by atoms with van der Waals surface area (Å²) in [7, 11) is 0. The minimum atomic E-state index is -0.186. The third kappa shape index (κ3) is 3.47. The molecule has 2 aliphatic rings. The lowest BCUT2D eigenvalue weighted by molar-refractivity contribution is 0.0921. The normalized spacial score (nSPS) is 20.6. The fraction of sp³-hybridized carbons (Fsp3) is 0.353. The molecular formula is C17H19N3O2S. The van der Waals surface area contributed by atoms with Crippen molar-refractivity contribution in [2.75, 3.05) is 5.75 Å². The van der Waals surface area contributed by atoms with Gasteiger partial charge in [0.25, 0.3) is 5.91 Å². The number of thioether (sulfide) groups is 1. The predicted octanol–water partition coefficient (Wildman–Crippen LogP) is 2.49. The molecule has 3 N–H and O–H groups in total. The second-order valence-electron chi connectivity index (χ2n) is 5.78. The van der Waals surface area contributed by atoms with Crippen LogP contribution in [0.25, 0.3) is 0 Å². The summed E-state index contributed by atoms with van der Waals surface area (Å²) >= 11 is 1.71. The minimum absolute atomic E-state index is 0.0725. The number of amidine groups is 1. The number of allylic oxidation sites excluding steroid dienone is 1. The topological polar surface area (TPSA) is 84.5 Å². The fourth-order valence-electron chi connectivity index (χ4n) is 2.90. The zero-order valence-electron chi connectivity index (χ0n) is 13.0. The van der Waals surface area contributed by atoms with E-state index in [1.54, 1.807) is 36.0 Å². The number of Topliss-reactive ketones (excluding diaryl/α,β-unsaturated/α-hetero) is 1. The zero-order valence-corrected chi connectivity index (χ0v) is 13.8. The molecule has 1 aromatic rings. The quantitative estimate of drug-likeness (QED) is 0.834. The van der Waals surface area contributed by atoms with Crippen molar-refractivity contribution in [1.29, 1.82) is 0 Å². The van der Waals surface area contributed by atoms with Gasteiger partial charge in [0.1, 0.15) is 5.84 Å². The van der Waals surface area contributed by atoms with E-state index in [9.17, 15) is 9.59 Å². The second kappa shape index (κ2) is 6.58. The van der Waals surface area contributed by atoms with Crippen LogP contribution in [0.3, 0.4) is 0 Å². The van der Waals surface area contributed by atoms with Crippen LogP contribution in [-0.2, 0) is 0 Å². The van der Waals surface area contributed by atoms with Crippen LogP contribution in [0.2, 0.25) is 0 Å². The highest BCUT2D eigenvalue weighted by atomic mass is 32.2. The lowest BCUT2D eigenvalue weighted by Gasteiger charge is -2.28. The largest absolute Gasteiger partial charge is 0.386 e. The van der Waals surface area contributed by atoms with Crippen molar-refractivity contribution < 1.29 is 9.59 Å². The van der Waals surface area contributed by atoms with E-state index < -0.39 is 0 Å². The van der Waals surface area contributed by atoms with Crippen LogP contribution < -0.4 is 11.1 Å². The average molecular weight is 329 g/mol. The van der Waals surface area contributed by atoms with E-state index in [2.05, 4.69) is 10.3 Å². The lowest BCUT2D eigenvalue weighted by atomic mass is 9.97. The fourth-order valence-corrected chi connectivity index (χ4v) is 3.92. The number of rotatable bonds is 3. The summed E-state index contributed by atoms with van der Waals surface area (Å²) in [6.45, 7) is 1.48. The highest BCUT2D eigenvalue weighted by molar-refractivity contribution is 8.03. The van der Waals surface area contributed by atoms with Gasteiger partial charge < -0.3 is 11.1 Å². The average Bonchev–Trinajstić information content (AvgIpc) is 2.55. The van der Waals surface area contributed by atoms with Gasteiger partial charge in [-0.05, 0) is 25.8 Å². The smallest absolute Gasteiger partial charge is 0.252 e. The molecule has 0 fully saturated rings. The van der Waals surface area contributed by atoms with Crippen molar-refractivity contribution in [2.24, 2.45) is 10.7 Å². The van der Waals surface area contributed by atoms with Gasteiger partial charge in [-0.2, -0.15) is 0 Å². The van der Waals surface area contributed by atoms with Crippen molar-refractivity contribution >= 4 is 29.3 Å². The SMILES string of the molecule is CC(=O)c1ccccc1C(=O)NC1CCC2=C(C1)SCC(N)=N2. The third-order valence-electron chi connectivity index (χ3n) is 4.04. The number of ketones is 1. The highest BCUT2D eigenvalue weighted by Gasteiger charge is 2.26. The monoisotopic (exact) mass is 329 g/mol. The molecule has 0 spiro atoms. The van der Waals surface area contributed by atoms with Gasteiger partial charge in [0, 0.05) is 22.9 Å². The standard InChI is InChI=1S/C17H19N3O2S/c1-10(21)12-4-2-3-5-13(12)17(22)19-11-6-7-14-15(8-11)23-9-16(18)20-14/h2-5,11H,6-9H2,1H3,(H2,18,20)(H,19,22). The van der Waals surface area contributed by atoms with E-state index >= 15 is 0 Å². The first-order valence-corrected chi connectivity index (χ1v) is 8.62. The molecule has 0 aromatic heterocycles. The van der Waals surface area contributed by atoms with Crippen molar-refractivity contribution in [3.63, 3.8) is 0 Å². The van der Waals surface area contributed by atoms with Crippen LogP contribution in [0.5, 0.6) is 0 Å². The van der Waals surface area contributed by atoms with Gasteiger partial charge in [-0.1, -0.05) is 18.2 Å². The number of hydrogen-bond acceptors (Lipinski definition) is 5. The molecule has 23 heavy (non-hydrogen) atoms. The Bertz CT molecular complexity index is 724. The number of aliphatic imine (C=N–C) groups is 1. The van der Waals surface area contributed by atoms with Crippen LogP contribution in [0.4, 0.5) is 0 Å². The number of nitrogens with two attached hydrogens (primary N) is 1. The van der Waals surface area contributed by atoms with E-state index in [1.807, 2.05) is 0 Å². The second-order valence-corrected chi connectivity index (χ2v) is 6.85. The number of hydrogen-bond donors (Lipinski definition) is 2. The molecule has 1 unspecified atom stereocenters. The number of amides is 1. The lowest BCUT2D eigenvalue weighted by Crippen LogP contribution is -2.37. The Balaban J connectivity index is 1.72. The first kappa shape index (κ1) is 15.8. The molecule has 1 aromatic carbocycles. The maximum Gasteiger partial charge on any atom is 0.252 e. The third-order valence-corrected chi connectivity index (χ3v) is 5.23. The summed E-state index contributed by atoms with van der Waals surface area (Å²) in [5, 5.41) is 3.06. The van der Waals surface area contributed by atoms with Crippen LogP contribution in [0, 0.1) is 0 Å². The zero-order chi connectivity index (χ0) is 16.4. The summed E-state index contributed by atoms with van der Waals surface area (Å²) in [4.78, 5) is 29.8. The van der Waals surface area contributed by atoms with E-state index in [-0.39, 0.29) is 17.7 Å². The number of carbonyl (C=O) groups excluding carboxylic acids is 2. The molecule has 6 heteroatoms. The summed E-state index contributed by atoms with van der Waals surface area (Å²) in [6, 6.07) is 7.00. The Morgan fingerprint density at radius 3 is 2.78 bits per heavy atom. The van der Waals surface area contributed by atoms with Gasteiger partial charge in [0.2, 0.25) is 0 Å². The van der Waals surface area contributed by atoms with Crippen molar-refractivity contribution in [3.8, 4) is 0 Å². The molecule has 0 saturated carbocycles. The molecule has 0 saturated heterocycles. The van der Waals surface area contributed by atoms with Gasteiger partial charge >= 0.3 is 0 Å². The Labute approximate surface area is 139 Å². The first-order valence-electron chi connectivity index (χ1n) is 7.63. The molecule has 120 valence electrons. The number of carbonyl (C=O) groups is 2. The maximum atomic E-state index is 12.5. The summed E-state index contributed by atoms with van der Waals surface area (Å²) < 4.78 is 0. The van der Waals surface area contributed by atoms with Crippen LogP contribution >= 0.6 is 11.8 Å². The number of nitrogens with one attached hydrogen (secondary N) is 1. The van der Waals surface area contributed by atoms with Crippen LogP contribution in [0.1, 0.15) is 46.9 Å². The molecule has 1 aliphatic carbocycles. The molecule has 1 aliphatic heterocycles. The first-order chi connectivity index (χ1) is 11.0. The molecule has 3 rings (SSSR count). The molecule has 5 nitrogen and oxygen atoms in total. The van der Waals surface area contributed by atoms with Gasteiger partial charge in [-0.15, -0.1) is 11.8 Å². The summed E-state index contributed by atoms with van der Waals surface area (Å²) in [6.07, 6.45) is 2.44. The Morgan fingerprint density at radius 2 is 2.04 bits per heavy atom. The van der Waals surface area contributed by atoms with Crippen molar-refractivity contribution in [3.05, 3.63) is 46.0 Å². The minimum Gasteiger partial charge on any atom is -0.386 e. The predicted molar refractivity (Wildman–Crippen MR) is 92.7 cm³/mol. The number of nitrogens with zero attached hydrogens (tertiary/aromatic N) is 1. The highest BCUT2D eigenvalue weighted by Crippen LogP contribution is 2.36. The van der Waals surface area contributed by atoms with Crippen molar-refractivity contribution in [1.82, 2.24) is 5.32 Å². The van der Waals surface area contributed by atoms with E-state index in [1.165, 1.54) is 11.8 Å². The molecule has 0 bridgehead atoms. The van der Waals surface area contributed by atoms with E-state index in [4.69, 9.17) is 5.73 Å². The Kier molecular flexibility index (Phi) is 4.52. The maximum absolute atomic E-state index is 12.5. The molecular weight excluding hydrogens is 310 g/mol. The molecule has 1 amide bonds. The van der Waals surface area contributed by atoms with Gasteiger partial charge in [0.15, 0.2) is 5.78 Å². The van der Waals surface area contributed by atoms with Gasteiger partial charge in [0.05, 0.1) is 17.0 Å². The van der Waals surface area contributed by atoms with E-state index in [0.29, 0.717) is 22.7 Å². The van der Waals surface area contributed by atoms with Gasteiger partial charge in [-0.25, -0.2) is 4.99 Å². The molecule has 0 radical (unpaired) electrons.